The standard InChI is InChI=1S/C40H24N4O/c1-7-19-31-25(13-1)26-14-2-8-20-32(26)43(31)35-23-11-5-17-29(35)39-41-37-30-18-6-12-24-36(30)45-38(37)40(42-39)44-33-21-9-3-15-27(33)28-16-4-10-22-34(28)44/h1-24H/i1D,2D,3D,4D,7D,8D,9D,10D,13D,14D,15D,16D,19D,20D,21D,22D. The van der Waals surface area contributed by atoms with E-state index in [0.29, 0.717) is 11.0 Å². The van der Waals surface area contributed by atoms with E-state index in [9.17, 15) is 0 Å². The Morgan fingerprint density at radius 1 is 0.511 bits per heavy atom. The summed E-state index contributed by atoms with van der Waals surface area (Å²) in [6.45, 7) is 0. The molecule has 10 rings (SSSR count). The molecule has 0 fully saturated rings. The summed E-state index contributed by atoms with van der Waals surface area (Å²) < 4.78 is 149. The molecule has 5 nitrogen and oxygen atoms in total. The van der Waals surface area contributed by atoms with Gasteiger partial charge in [0.25, 0.3) is 0 Å². The summed E-state index contributed by atoms with van der Waals surface area (Å²) in [5, 5.41) is -0.189. The summed E-state index contributed by atoms with van der Waals surface area (Å²) in [7, 11) is 0. The molecule has 4 aromatic heterocycles. The van der Waals surface area contributed by atoms with Gasteiger partial charge in [0.15, 0.2) is 17.2 Å². The Morgan fingerprint density at radius 3 is 1.64 bits per heavy atom. The van der Waals surface area contributed by atoms with E-state index in [1.807, 2.05) is 0 Å². The zero-order valence-corrected chi connectivity index (χ0v) is 22.8. The fraction of sp³-hybridized carbons (Fsp3) is 0. The number of hydrogen-bond donors (Lipinski definition) is 0. The molecule has 6 aromatic carbocycles. The van der Waals surface area contributed by atoms with E-state index in [1.165, 1.54) is 9.13 Å². The molecular weight excluding hydrogens is 552 g/mol. The van der Waals surface area contributed by atoms with E-state index in [2.05, 4.69) is 0 Å². The zero-order chi connectivity index (χ0) is 43.4. The molecule has 0 N–H and O–H groups in total. The van der Waals surface area contributed by atoms with Crippen molar-refractivity contribution in [3.63, 3.8) is 0 Å². The maximum Gasteiger partial charge on any atom is 0.197 e. The molecule has 0 amide bonds. The van der Waals surface area contributed by atoms with E-state index in [-0.39, 0.29) is 77.6 Å². The number of rotatable bonds is 3. The van der Waals surface area contributed by atoms with Gasteiger partial charge in [-0.15, -0.1) is 0 Å². The van der Waals surface area contributed by atoms with Crippen LogP contribution < -0.4 is 0 Å². The van der Waals surface area contributed by atoms with Crippen LogP contribution in [0.1, 0.15) is 21.9 Å². The van der Waals surface area contributed by atoms with Crippen molar-refractivity contribution in [3.05, 3.63) is 145 Å². The highest BCUT2D eigenvalue weighted by molar-refractivity contribution is 6.12. The fourth-order valence-corrected chi connectivity index (χ4v) is 6.00. The molecule has 0 saturated carbocycles. The number of benzene rings is 6. The minimum atomic E-state index is -0.641. The minimum Gasteiger partial charge on any atom is -0.450 e. The predicted octanol–water partition coefficient (Wildman–Crippen LogP) is 10.2. The van der Waals surface area contributed by atoms with Crippen LogP contribution in [0.15, 0.2) is 150 Å². The summed E-state index contributed by atoms with van der Waals surface area (Å²) in [5.41, 5.74) is 0.0616. The lowest BCUT2D eigenvalue weighted by Gasteiger charge is -2.14. The van der Waals surface area contributed by atoms with Crippen molar-refractivity contribution >= 4 is 65.7 Å². The molecule has 0 bridgehead atoms. The van der Waals surface area contributed by atoms with Gasteiger partial charge in [-0.25, -0.2) is 9.97 Å². The van der Waals surface area contributed by atoms with Crippen molar-refractivity contribution in [1.82, 2.24) is 19.1 Å². The predicted molar refractivity (Wildman–Crippen MR) is 183 cm³/mol. The van der Waals surface area contributed by atoms with Gasteiger partial charge in [-0.2, -0.15) is 0 Å². The fourth-order valence-electron chi connectivity index (χ4n) is 6.00. The van der Waals surface area contributed by atoms with Gasteiger partial charge in [0.2, 0.25) is 0 Å². The van der Waals surface area contributed by atoms with Crippen LogP contribution in [0.2, 0.25) is 0 Å². The normalized spacial score (nSPS) is 17.0. The van der Waals surface area contributed by atoms with Crippen LogP contribution in [-0.4, -0.2) is 19.1 Å². The lowest BCUT2D eigenvalue weighted by Crippen LogP contribution is -2.04. The first-order chi connectivity index (χ1) is 29.0. The average Bonchev–Trinajstić information content (AvgIpc) is 3.94. The molecular formula is C40H24N4O. The van der Waals surface area contributed by atoms with Crippen molar-refractivity contribution in [2.75, 3.05) is 0 Å². The van der Waals surface area contributed by atoms with Gasteiger partial charge >= 0.3 is 0 Å². The molecule has 0 unspecified atom stereocenters. The Labute approximate surface area is 279 Å². The average molecular weight is 593 g/mol. The minimum absolute atomic E-state index is 0.0128. The summed E-state index contributed by atoms with van der Waals surface area (Å²) in [5.74, 6) is -0.273. The number of aromatic nitrogens is 4. The van der Waals surface area contributed by atoms with E-state index in [1.54, 1.807) is 48.5 Å². The lowest BCUT2D eigenvalue weighted by molar-refractivity contribution is 0.662. The van der Waals surface area contributed by atoms with Crippen LogP contribution in [-0.2, 0) is 0 Å². The number of fused-ring (bicyclic) bond motifs is 9. The van der Waals surface area contributed by atoms with Gasteiger partial charge in [-0.3, -0.25) is 4.57 Å². The lowest BCUT2D eigenvalue weighted by atomic mass is 10.1. The van der Waals surface area contributed by atoms with Gasteiger partial charge < -0.3 is 8.98 Å². The Balaban J connectivity index is 1.43. The van der Waals surface area contributed by atoms with Gasteiger partial charge in [0, 0.05) is 32.5 Å². The second-order valence-electron chi connectivity index (χ2n) is 10.2. The smallest absolute Gasteiger partial charge is 0.197 e. The first kappa shape index (κ1) is 13.6. The van der Waals surface area contributed by atoms with E-state index >= 15 is 0 Å². The monoisotopic (exact) mass is 592 g/mol. The maximum atomic E-state index is 9.12. The molecule has 0 aliphatic carbocycles. The highest BCUT2D eigenvalue weighted by Gasteiger charge is 2.23. The van der Waals surface area contributed by atoms with Crippen molar-refractivity contribution in [2.45, 2.75) is 0 Å². The Bertz CT molecular complexity index is 3530. The quantitative estimate of drug-likeness (QED) is 0.205. The molecule has 210 valence electrons. The van der Waals surface area contributed by atoms with Crippen LogP contribution in [0.3, 0.4) is 0 Å². The zero-order valence-electron chi connectivity index (χ0n) is 38.8. The molecule has 0 saturated heterocycles. The topological polar surface area (TPSA) is 48.8 Å². The van der Waals surface area contributed by atoms with Crippen molar-refractivity contribution < 1.29 is 26.3 Å². The molecule has 45 heavy (non-hydrogen) atoms. The van der Waals surface area contributed by atoms with Crippen LogP contribution in [0, 0.1) is 0 Å². The molecule has 5 heteroatoms. The third-order valence-electron chi connectivity index (χ3n) is 7.86. The summed E-state index contributed by atoms with van der Waals surface area (Å²) >= 11 is 0. The van der Waals surface area contributed by atoms with Crippen molar-refractivity contribution in [3.8, 4) is 22.9 Å². The third kappa shape index (κ3) is 3.38. The van der Waals surface area contributed by atoms with Crippen LogP contribution in [0.25, 0.3) is 88.6 Å². The second-order valence-corrected chi connectivity index (χ2v) is 10.2. The van der Waals surface area contributed by atoms with Gasteiger partial charge in [0.05, 0.1) is 49.7 Å². The first-order valence-corrected chi connectivity index (χ1v) is 13.8. The molecule has 10 aromatic rings. The highest BCUT2D eigenvalue weighted by atomic mass is 16.3. The van der Waals surface area contributed by atoms with Gasteiger partial charge in [0.1, 0.15) is 11.1 Å². The van der Waals surface area contributed by atoms with Crippen LogP contribution in [0.4, 0.5) is 0 Å². The van der Waals surface area contributed by atoms with E-state index < -0.39 is 96.7 Å². The number of nitrogens with zero attached hydrogens (tertiary/aromatic N) is 4. The Hall–Kier alpha value is -6.20. The van der Waals surface area contributed by atoms with Gasteiger partial charge in [-0.1, -0.05) is 96.8 Å². The van der Waals surface area contributed by atoms with Crippen molar-refractivity contribution in [2.24, 2.45) is 0 Å². The molecule has 0 radical (unpaired) electrons. The van der Waals surface area contributed by atoms with Gasteiger partial charge in [-0.05, 0) is 48.4 Å². The van der Waals surface area contributed by atoms with E-state index in [4.69, 9.17) is 36.3 Å². The summed E-state index contributed by atoms with van der Waals surface area (Å²) in [4.78, 5) is 9.91. The molecule has 0 aliphatic heterocycles. The second kappa shape index (κ2) is 9.15. The number of furan rings is 1. The molecule has 0 spiro atoms. The van der Waals surface area contributed by atoms with Crippen LogP contribution in [0.5, 0.6) is 0 Å². The number of hydrogen-bond acceptors (Lipinski definition) is 3. The van der Waals surface area contributed by atoms with Crippen LogP contribution >= 0.6 is 0 Å². The highest BCUT2D eigenvalue weighted by Crippen LogP contribution is 2.40. The summed E-state index contributed by atoms with van der Waals surface area (Å²) in [6.07, 6.45) is 0. The first-order valence-electron chi connectivity index (χ1n) is 21.8. The largest absolute Gasteiger partial charge is 0.450 e. The SMILES string of the molecule is [2H]c1c([2H])c([2H])c2c(c1[2H])c1c([2H])c([2H])c([2H])c([2H])c1n2-c1ccccc1-c1nc(-n2c3c([2H])c([2H])c([2H])c([2H])c3c3c([2H])c([2H])c([2H])c([2H])c32)c2oc3ccccc3c2n1. The third-order valence-corrected chi connectivity index (χ3v) is 7.86. The molecule has 4 heterocycles. The van der Waals surface area contributed by atoms with E-state index in [0.717, 1.165) is 0 Å². The Morgan fingerprint density at radius 2 is 1.02 bits per heavy atom. The summed E-state index contributed by atoms with van der Waals surface area (Å²) in [6, 6.07) is 3.92. The van der Waals surface area contributed by atoms with Crippen molar-refractivity contribution in [1.29, 1.82) is 0 Å². The molecule has 0 atom stereocenters. The number of para-hydroxylation sites is 6. The molecule has 0 aliphatic rings. The Kier molecular flexibility index (Phi) is 2.77. The maximum absolute atomic E-state index is 9.12.